The number of hydrogen-bond acceptors (Lipinski definition) is 7. The number of aromatic nitrogens is 2. The Labute approximate surface area is 178 Å². The normalized spacial score (nSPS) is 11.4. The van der Waals surface area contributed by atoms with Gasteiger partial charge in [-0.15, -0.1) is 11.3 Å². The van der Waals surface area contributed by atoms with Crippen molar-refractivity contribution in [1.29, 1.82) is 0 Å². The van der Waals surface area contributed by atoms with Crippen LogP contribution in [0.2, 0.25) is 0 Å². The van der Waals surface area contributed by atoms with E-state index >= 15 is 0 Å². The zero-order chi connectivity index (χ0) is 21.5. The quantitative estimate of drug-likeness (QED) is 0.563. The van der Waals surface area contributed by atoms with Gasteiger partial charge in [-0.25, -0.2) is 4.98 Å². The molecular formula is C21H22N4O4S. The molecule has 2 heterocycles. The summed E-state index contributed by atoms with van der Waals surface area (Å²) in [6, 6.07) is 12.4. The molecule has 0 bridgehead atoms. The van der Waals surface area contributed by atoms with Gasteiger partial charge >= 0.3 is 0 Å². The number of hydrazine groups is 1. The van der Waals surface area contributed by atoms with Gasteiger partial charge in [-0.1, -0.05) is 6.07 Å². The van der Waals surface area contributed by atoms with Crippen molar-refractivity contribution < 1.29 is 19.1 Å². The molecule has 0 saturated carbocycles. The molecule has 9 heteroatoms. The molecule has 0 aliphatic rings. The Morgan fingerprint density at radius 3 is 2.50 bits per heavy atom. The minimum absolute atomic E-state index is 0.399. The van der Waals surface area contributed by atoms with E-state index in [-0.39, 0.29) is 0 Å². The smallest absolute Gasteiger partial charge is 0.281 e. The van der Waals surface area contributed by atoms with Gasteiger partial charge in [-0.2, -0.15) is 0 Å². The zero-order valence-corrected chi connectivity index (χ0v) is 17.7. The van der Waals surface area contributed by atoms with Crippen molar-refractivity contribution in [3.05, 3.63) is 59.2 Å². The molecule has 0 fully saturated rings. The van der Waals surface area contributed by atoms with Crippen LogP contribution in [-0.2, 0) is 4.79 Å². The SMILES string of the molecule is CCOc1ccc(OC(C)C(=O)NNC(=O)c2sc(-c3ccccn3)nc2C)cc1. The van der Waals surface area contributed by atoms with E-state index in [9.17, 15) is 9.59 Å². The summed E-state index contributed by atoms with van der Waals surface area (Å²) >= 11 is 1.21. The molecule has 8 nitrogen and oxygen atoms in total. The number of amides is 2. The summed E-state index contributed by atoms with van der Waals surface area (Å²) in [5, 5.41) is 0.636. The molecule has 3 rings (SSSR count). The molecule has 2 amide bonds. The predicted molar refractivity (Wildman–Crippen MR) is 113 cm³/mol. The number of nitrogens with one attached hydrogen (secondary N) is 2. The summed E-state index contributed by atoms with van der Waals surface area (Å²) in [4.78, 5) is 33.8. The van der Waals surface area contributed by atoms with E-state index in [1.165, 1.54) is 11.3 Å². The maximum Gasteiger partial charge on any atom is 0.281 e. The second kappa shape index (κ2) is 9.84. The molecule has 30 heavy (non-hydrogen) atoms. The van der Waals surface area contributed by atoms with Crippen molar-refractivity contribution in [2.24, 2.45) is 0 Å². The Bertz CT molecular complexity index is 1010. The molecule has 156 valence electrons. The number of carbonyl (C=O) groups is 2. The summed E-state index contributed by atoms with van der Waals surface area (Å²) in [6.07, 6.45) is 0.854. The Hall–Kier alpha value is -3.46. The van der Waals surface area contributed by atoms with Crippen molar-refractivity contribution in [2.75, 3.05) is 6.61 Å². The first-order valence-corrected chi connectivity index (χ1v) is 10.2. The van der Waals surface area contributed by atoms with Crippen LogP contribution in [0.3, 0.4) is 0 Å². The number of nitrogens with zero attached hydrogens (tertiary/aromatic N) is 2. The third-order valence-electron chi connectivity index (χ3n) is 4.00. The van der Waals surface area contributed by atoms with Gasteiger partial charge in [-0.3, -0.25) is 25.4 Å². The van der Waals surface area contributed by atoms with Crippen LogP contribution in [0.5, 0.6) is 11.5 Å². The first kappa shape index (κ1) is 21.3. The maximum absolute atomic E-state index is 12.5. The van der Waals surface area contributed by atoms with Crippen LogP contribution in [-0.4, -0.2) is 34.5 Å². The molecule has 0 aliphatic heterocycles. The van der Waals surface area contributed by atoms with Gasteiger partial charge in [0.15, 0.2) is 6.10 Å². The lowest BCUT2D eigenvalue weighted by molar-refractivity contribution is -0.128. The fraction of sp³-hybridized carbons (Fsp3) is 0.238. The van der Waals surface area contributed by atoms with E-state index in [1.54, 1.807) is 44.3 Å². The van der Waals surface area contributed by atoms with Crippen LogP contribution in [0.15, 0.2) is 48.7 Å². The van der Waals surface area contributed by atoms with Crippen molar-refractivity contribution in [3.63, 3.8) is 0 Å². The van der Waals surface area contributed by atoms with Crippen LogP contribution in [0, 0.1) is 6.92 Å². The molecule has 3 aromatic rings. The molecule has 1 aromatic carbocycles. The Morgan fingerprint density at radius 2 is 1.83 bits per heavy atom. The molecule has 1 unspecified atom stereocenters. The number of pyridine rings is 1. The number of aryl methyl sites for hydroxylation is 1. The Kier molecular flexibility index (Phi) is 6.97. The molecular weight excluding hydrogens is 404 g/mol. The number of ether oxygens (including phenoxy) is 2. The lowest BCUT2D eigenvalue weighted by Crippen LogP contribution is -2.47. The average Bonchev–Trinajstić information content (AvgIpc) is 3.15. The van der Waals surface area contributed by atoms with Gasteiger partial charge < -0.3 is 9.47 Å². The predicted octanol–water partition coefficient (Wildman–Crippen LogP) is 3.14. The van der Waals surface area contributed by atoms with Gasteiger partial charge in [0.05, 0.1) is 18.0 Å². The first-order valence-electron chi connectivity index (χ1n) is 9.36. The van der Waals surface area contributed by atoms with Crippen molar-refractivity contribution >= 4 is 23.2 Å². The van der Waals surface area contributed by atoms with Crippen LogP contribution in [0.25, 0.3) is 10.7 Å². The van der Waals surface area contributed by atoms with E-state index in [0.717, 1.165) is 5.75 Å². The fourth-order valence-corrected chi connectivity index (χ4v) is 3.46. The molecule has 2 N–H and O–H groups in total. The summed E-state index contributed by atoms with van der Waals surface area (Å²) in [5.74, 6) is 0.308. The summed E-state index contributed by atoms with van der Waals surface area (Å²) in [7, 11) is 0. The van der Waals surface area contributed by atoms with Crippen molar-refractivity contribution in [2.45, 2.75) is 26.9 Å². The van der Waals surface area contributed by atoms with Gasteiger partial charge in [0.1, 0.15) is 21.4 Å². The van der Waals surface area contributed by atoms with E-state index < -0.39 is 17.9 Å². The molecule has 0 saturated heterocycles. The number of thiazole rings is 1. The summed E-state index contributed by atoms with van der Waals surface area (Å²) < 4.78 is 11.0. The lowest BCUT2D eigenvalue weighted by atomic mass is 10.3. The van der Waals surface area contributed by atoms with E-state index in [4.69, 9.17) is 9.47 Å². The van der Waals surface area contributed by atoms with Crippen molar-refractivity contribution in [3.8, 4) is 22.2 Å². The maximum atomic E-state index is 12.5. The zero-order valence-electron chi connectivity index (χ0n) is 16.8. The van der Waals surface area contributed by atoms with E-state index in [2.05, 4.69) is 20.8 Å². The topological polar surface area (TPSA) is 102 Å². The van der Waals surface area contributed by atoms with E-state index in [1.807, 2.05) is 25.1 Å². The number of hydrogen-bond donors (Lipinski definition) is 2. The molecule has 0 aliphatic carbocycles. The molecule has 1 atom stereocenters. The van der Waals surface area contributed by atoms with Gasteiger partial charge in [0.25, 0.3) is 11.8 Å². The van der Waals surface area contributed by atoms with Gasteiger partial charge in [0.2, 0.25) is 0 Å². The second-order valence-corrected chi connectivity index (χ2v) is 7.26. The second-order valence-electron chi connectivity index (χ2n) is 6.26. The highest BCUT2D eigenvalue weighted by molar-refractivity contribution is 7.17. The highest BCUT2D eigenvalue weighted by atomic mass is 32.1. The molecule has 0 spiro atoms. The number of benzene rings is 1. The fourth-order valence-electron chi connectivity index (χ4n) is 2.52. The highest BCUT2D eigenvalue weighted by Crippen LogP contribution is 2.26. The van der Waals surface area contributed by atoms with Gasteiger partial charge in [0, 0.05) is 6.20 Å². The molecule has 0 radical (unpaired) electrons. The lowest BCUT2D eigenvalue weighted by Gasteiger charge is -2.15. The van der Waals surface area contributed by atoms with Crippen LogP contribution < -0.4 is 20.3 Å². The Balaban J connectivity index is 1.55. The third-order valence-corrected chi connectivity index (χ3v) is 5.18. The highest BCUT2D eigenvalue weighted by Gasteiger charge is 2.19. The standard InChI is InChI=1S/C21H22N4O4S/c1-4-28-15-8-10-16(11-9-15)29-14(3)19(26)24-25-20(27)18-13(2)23-21(30-18)17-7-5-6-12-22-17/h5-12,14H,4H2,1-3H3,(H,24,26)(H,25,27). The first-order chi connectivity index (χ1) is 14.5. The monoisotopic (exact) mass is 426 g/mol. The number of carbonyl (C=O) groups excluding carboxylic acids is 2. The molecule has 2 aromatic heterocycles. The summed E-state index contributed by atoms with van der Waals surface area (Å²) in [6.45, 7) is 5.80. The van der Waals surface area contributed by atoms with Crippen LogP contribution >= 0.6 is 11.3 Å². The minimum Gasteiger partial charge on any atom is -0.494 e. The average molecular weight is 426 g/mol. The Morgan fingerprint density at radius 1 is 1.10 bits per heavy atom. The van der Waals surface area contributed by atoms with Crippen LogP contribution in [0.1, 0.15) is 29.2 Å². The van der Waals surface area contributed by atoms with Crippen molar-refractivity contribution in [1.82, 2.24) is 20.8 Å². The number of rotatable bonds is 7. The van der Waals surface area contributed by atoms with E-state index in [0.29, 0.717) is 33.6 Å². The largest absolute Gasteiger partial charge is 0.494 e. The summed E-state index contributed by atoms with van der Waals surface area (Å²) in [5.41, 5.74) is 6.04. The van der Waals surface area contributed by atoms with Gasteiger partial charge in [-0.05, 0) is 57.2 Å². The van der Waals surface area contributed by atoms with Crippen LogP contribution in [0.4, 0.5) is 0 Å². The third kappa shape index (κ3) is 5.32. The minimum atomic E-state index is -0.810.